The molecule has 1 atom stereocenters. The number of halogens is 1. The molecule has 0 saturated carbocycles. The third kappa shape index (κ3) is 5.04. The van der Waals surface area contributed by atoms with Crippen molar-refractivity contribution in [1.29, 1.82) is 0 Å². The topological polar surface area (TPSA) is 66.6 Å². The Kier molecular flexibility index (Phi) is 6.25. The SMILES string of the molecule is NC(=O)CN1CCC(C(=O)N2CCCC(Cc3ccc(F)cc3)C2)CC1. The zero-order valence-corrected chi connectivity index (χ0v) is 15.2. The van der Waals surface area contributed by atoms with Crippen molar-refractivity contribution in [3.8, 4) is 0 Å². The van der Waals surface area contributed by atoms with E-state index >= 15 is 0 Å². The van der Waals surface area contributed by atoms with E-state index in [1.807, 2.05) is 21.9 Å². The van der Waals surface area contributed by atoms with E-state index in [2.05, 4.69) is 0 Å². The molecule has 2 heterocycles. The molecule has 2 N–H and O–H groups in total. The number of hydrogen-bond donors (Lipinski definition) is 1. The van der Waals surface area contributed by atoms with E-state index in [0.717, 1.165) is 63.8 Å². The van der Waals surface area contributed by atoms with Gasteiger partial charge in [0.05, 0.1) is 6.54 Å². The van der Waals surface area contributed by atoms with E-state index in [9.17, 15) is 14.0 Å². The molecule has 1 aromatic carbocycles. The number of benzene rings is 1. The second-order valence-electron chi connectivity index (χ2n) is 7.64. The maximum atomic E-state index is 13.1. The Balaban J connectivity index is 1.50. The van der Waals surface area contributed by atoms with Gasteiger partial charge in [0.25, 0.3) is 0 Å². The van der Waals surface area contributed by atoms with Gasteiger partial charge in [-0.05, 0) is 68.8 Å². The van der Waals surface area contributed by atoms with Crippen molar-refractivity contribution in [1.82, 2.24) is 9.80 Å². The van der Waals surface area contributed by atoms with Crippen LogP contribution in [0.3, 0.4) is 0 Å². The largest absolute Gasteiger partial charge is 0.369 e. The van der Waals surface area contributed by atoms with Gasteiger partial charge in [0.15, 0.2) is 0 Å². The number of nitrogens with two attached hydrogens (primary N) is 1. The van der Waals surface area contributed by atoms with E-state index in [4.69, 9.17) is 5.73 Å². The summed E-state index contributed by atoms with van der Waals surface area (Å²) in [5.74, 6) is 0.232. The van der Waals surface area contributed by atoms with Crippen molar-refractivity contribution in [3.05, 3.63) is 35.6 Å². The Labute approximate surface area is 154 Å². The fourth-order valence-electron chi connectivity index (χ4n) is 4.20. The third-order valence-electron chi connectivity index (χ3n) is 5.58. The van der Waals surface area contributed by atoms with Crippen molar-refractivity contribution in [2.24, 2.45) is 17.6 Å². The van der Waals surface area contributed by atoms with Gasteiger partial charge in [-0.3, -0.25) is 14.5 Å². The highest BCUT2D eigenvalue weighted by Crippen LogP contribution is 2.25. The van der Waals surface area contributed by atoms with Crippen LogP contribution in [0.5, 0.6) is 0 Å². The molecule has 0 aromatic heterocycles. The van der Waals surface area contributed by atoms with Gasteiger partial charge in [-0.25, -0.2) is 4.39 Å². The molecule has 5 nitrogen and oxygen atoms in total. The van der Waals surface area contributed by atoms with Crippen molar-refractivity contribution in [2.45, 2.75) is 32.1 Å². The summed E-state index contributed by atoms with van der Waals surface area (Å²) < 4.78 is 13.1. The molecule has 3 rings (SSSR count). The Hall–Kier alpha value is -1.95. The van der Waals surface area contributed by atoms with Crippen LogP contribution in [0.25, 0.3) is 0 Å². The zero-order chi connectivity index (χ0) is 18.5. The quantitative estimate of drug-likeness (QED) is 0.870. The summed E-state index contributed by atoms with van der Waals surface area (Å²) in [4.78, 5) is 28.0. The number of hydrogen-bond acceptors (Lipinski definition) is 3. The summed E-state index contributed by atoms with van der Waals surface area (Å²) in [7, 11) is 0. The van der Waals surface area contributed by atoms with Crippen LogP contribution in [0.15, 0.2) is 24.3 Å². The first-order valence-corrected chi connectivity index (χ1v) is 9.55. The number of piperidine rings is 2. The molecule has 0 spiro atoms. The molecule has 6 heteroatoms. The lowest BCUT2D eigenvalue weighted by Crippen LogP contribution is -2.47. The normalized spacial score (nSPS) is 22.3. The van der Waals surface area contributed by atoms with Crippen LogP contribution in [-0.4, -0.2) is 54.3 Å². The molecule has 0 radical (unpaired) electrons. The molecule has 26 heavy (non-hydrogen) atoms. The predicted octanol–water partition coefficient (Wildman–Crippen LogP) is 1.80. The van der Waals surface area contributed by atoms with Crippen LogP contribution >= 0.6 is 0 Å². The van der Waals surface area contributed by atoms with E-state index in [-0.39, 0.29) is 30.1 Å². The van der Waals surface area contributed by atoms with Crippen LogP contribution < -0.4 is 5.73 Å². The van der Waals surface area contributed by atoms with Gasteiger partial charge < -0.3 is 10.6 Å². The summed E-state index contributed by atoms with van der Waals surface area (Å²) in [5, 5.41) is 0. The number of carbonyl (C=O) groups is 2. The highest BCUT2D eigenvalue weighted by atomic mass is 19.1. The summed E-state index contributed by atoms with van der Waals surface area (Å²) in [6.45, 7) is 3.42. The molecule has 0 aliphatic carbocycles. The maximum absolute atomic E-state index is 13.1. The standard InChI is InChI=1S/C20H28FN3O2/c21-18-5-3-15(4-6-18)12-16-2-1-9-24(13-16)20(26)17-7-10-23(11-8-17)14-19(22)25/h3-6,16-17H,1-2,7-14H2,(H2,22,25). The third-order valence-corrected chi connectivity index (χ3v) is 5.58. The first-order valence-electron chi connectivity index (χ1n) is 9.55. The molecule has 0 bridgehead atoms. The molecule has 2 saturated heterocycles. The molecule has 1 aromatic rings. The Morgan fingerprint density at radius 1 is 1.08 bits per heavy atom. The number of rotatable bonds is 5. The number of likely N-dealkylation sites (tertiary alicyclic amines) is 2. The van der Waals surface area contributed by atoms with Crippen molar-refractivity contribution >= 4 is 11.8 Å². The van der Waals surface area contributed by atoms with Crippen molar-refractivity contribution in [2.75, 3.05) is 32.7 Å². The van der Waals surface area contributed by atoms with E-state index in [0.29, 0.717) is 5.92 Å². The van der Waals surface area contributed by atoms with Crippen molar-refractivity contribution < 1.29 is 14.0 Å². The van der Waals surface area contributed by atoms with E-state index in [1.165, 1.54) is 12.1 Å². The number of amides is 2. The summed E-state index contributed by atoms with van der Waals surface area (Å²) in [6.07, 6.45) is 4.62. The van der Waals surface area contributed by atoms with Crippen LogP contribution in [0, 0.1) is 17.7 Å². The number of carbonyl (C=O) groups excluding carboxylic acids is 2. The van der Waals surface area contributed by atoms with Crippen LogP contribution in [0.1, 0.15) is 31.2 Å². The van der Waals surface area contributed by atoms with Gasteiger partial charge in [-0.1, -0.05) is 12.1 Å². The Morgan fingerprint density at radius 2 is 1.77 bits per heavy atom. The van der Waals surface area contributed by atoms with Gasteiger partial charge in [0, 0.05) is 19.0 Å². The van der Waals surface area contributed by atoms with Gasteiger partial charge in [0.1, 0.15) is 5.82 Å². The second-order valence-corrected chi connectivity index (χ2v) is 7.64. The molecule has 142 valence electrons. The monoisotopic (exact) mass is 361 g/mol. The lowest BCUT2D eigenvalue weighted by molar-refractivity contribution is -0.139. The maximum Gasteiger partial charge on any atom is 0.231 e. The van der Waals surface area contributed by atoms with Gasteiger partial charge in [-0.15, -0.1) is 0 Å². The number of nitrogens with zero attached hydrogens (tertiary/aromatic N) is 2. The molecule has 1 unspecified atom stereocenters. The lowest BCUT2D eigenvalue weighted by atomic mass is 9.89. The number of primary amides is 1. The molecule has 2 aliphatic rings. The second kappa shape index (κ2) is 8.62. The molecular formula is C20H28FN3O2. The zero-order valence-electron chi connectivity index (χ0n) is 15.2. The highest BCUT2D eigenvalue weighted by molar-refractivity contribution is 5.79. The Morgan fingerprint density at radius 3 is 2.42 bits per heavy atom. The average Bonchev–Trinajstić information content (AvgIpc) is 2.63. The van der Waals surface area contributed by atoms with E-state index in [1.54, 1.807) is 0 Å². The van der Waals surface area contributed by atoms with Crippen LogP contribution in [-0.2, 0) is 16.0 Å². The van der Waals surface area contributed by atoms with Gasteiger partial charge in [0.2, 0.25) is 11.8 Å². The first-order chi connectivity index (χ1) is 12.5. The van der Waals surface area contributed by atoms with Gasteiger partial charge >= 0.3 is 0 Å². The summed E-state index contributed by atoms with van der Waals surface area (Å²) >= 11 is 0. The average molecular weight is 361 g/mol. The summed E-state index contributed by atoms with van der Waals surface area (Å²) in [6, 6.07) is 6.68. The fraction of sp³-hybridized carbons (Fsp3) is 0.600. The Bertz CT molecular complexity index is 626. The minimum absolute atomic E-state index is 0.0590. The van der Waals surface area contributed by atoms with Gasteiger partial charge in [-0.2, -0.15) is 0 Å². The minimum Gasteiger partial charge on any atom is -0.369 e. The van der Waals surface area contributed by atoms with Crippen molar-refractivity contribution in [3.63, 3.8) is 0 Å². The highest BCUT2D eigenvalue weighted by Gasteiger charge is 2.31. The first kappa shape index (κ1) is 18.8. The molecule has 2 fully saturated rings. The molecular weight excluding hydrogens is 333 g/mol. The summed E-state index contributed by atoms with van der Waals surface area (Å²) in [5.41, 5.74) is 6.37. The minimum atomic E-state index is -0.311. The fourth-order valence-corrected chi connectivity index (χ4v) is 4.20. The lowest BCUT2D eigenvalue weighted by Gasteiger charge is -2.37. The van der Waals surface area contributed by atoms with E-state index < -0.39 is 0 Å². The smallest absolute Gasteiger partial charge is 0.231 e. The molecule has 2 aliphatic heterocycles. The predicted molar refractivity (Wildman–Crippen MR) is 97.8 cm³/mol. The van der Waals surface area contributed by atoms with Crippen LogP contribution in [0.2, 0.25) is 0 Å². The molecule has 2 amide bonds. The van der Waals surface area contributed by atoms with Crippen LogP contribution in [0.4, 0.5) is 4.39 Å².